The van der Waals surface area contributed by atoms with Crippen LogP contribution in [0.3, 0.4) is 0 Å². The molecule has 2 aromatic heterocycles. The number of hydrogen-bond donors (Lipinski definition) is 2. The predicted molar refractivity (Wildman–Crippen MR) is 78.2 cm³/mol. The van der Waals surface area contributed by atoms with E-state index in [9.17, 15) is 14.7 Å². The van der Waals surface area contributed by atoms with Gasteiger partial charge < -0.3 is 25.8 Å². The van der Waals surface area contributed by atoms with Crippen LogP contribution in [0.25, 0.3) is 0 Å². The van der Waals surface area contributed by atoms with Gasteiger partial charge in [-0.25, -0.2) is 4.98 Å². The van der Waals surface area contributed by atoms with Gasteiger partial charge in [-0.2, -0.15) is 4.57 Å². The van der Waals surface area contributed by atoms with Crippen molar-refractivity contribution in [3.8, 4) is 0 Å². The number of thiazole rings is 2. The van der Waals surface area contributed by atoms with Gasteiger partial charge in [-0.15, -0.1) is 11.3 Å². The van der Waals surface area contributed by atoms with E-state index in [0.717, 1.165) is 11.3 Å². The number of amides is 1. The van der Waals surface area contributed by atoms with Crippen molar-refractivity contribution in [2.45, 2.75) is 6.54 Å². The number of carbonyl (C=O) groups is 2. The number of aliphatic carboxylic acids is 1. The third-order valence-electron chi connectivity index (χ3n) is 2.31. The number of hydrogen-bond acceptors (Lipinski definition) is 9. The summed E-state index contributed by atoms with van der Waals surface area (Å²) >= 11 is 2.33. The monoisotopic (exact) mass is 341 g/mol. The second-order valence-corrected chi connectivity index (χ2v) is 5.68. The van der Waals surface area contributed by atoms with E-state index < -0.39 is 11.9 Å². The minimum atomic E-state index is -1.22. The summed E-state index contributed by atoms with van der Waals surface area (Å²) in [5.74, 6) is -1.77. The number of carbonyl (C=O) groups excluding carboxylic acids is 2. The minimum absolute atomic E-state index is 0.0321. The summed E-state index contributed by atoms with van der Waals surface area (Å²) in [6.07, 6.45) is 1.47. The fourth-order valence-electron chi connectivity index (χ4n) is 1.49. The molecule has 116 valence electrons. The molecule has 22 heavy (non-hydrogen) atoms. The zero-order valence-electron chi connectivity index (χ0n) is 11.3. The number of nitrogens with zero attached hydrogens (tertiary/aromatic N) is 3. The van der Waals surface area contributed by atoms with Gasteiger partial charge in [-0.1, -0.05) is 16.5 Å². The summed E-state index contributed by atoms with van der Waals surface area (Å²) in [5, 5.41) is 19.1. The Kier molecular flexibility index (Phi) is 5.01. The van der Waals surface area contributed by atoms with E-state index in [1.54, 1.807) is 10.9 Å². The van der Waals surface area contributed by atoms with Crippen molar-refractivity contribution in [2.24, 2.45) is 5.16 Å². The lowest BCUT2D eigenvalue weighted by molar-refractivity contribution is -0.685. The standard InChI is InChI=1S/C11H11N5O4S2/c1-20-15-9(6-4-21-11(12)13-6)10(19)14-7-2-16(5-22-7)3-8(17)18/h2,4-5H,3H2,1H3,(H3-,12,13,14,17,18,19)/b15-9-. The van der Waals surface area contributed by atoms with E-state index in [2.05, 4.69) is 20.3 Å². The highest BCUT2D eigenvalue weighted by molar-refractivity contribution is 7.14. The van der Waals surface area contributed by atoms with Crippen molar-refractivity contribution >= 4 is 50.4 Å². The first-order chi connectivity index (χ1) is 10.5. The Morgan fingerprint density at radius 2 is 2.32 bits per heavy atom. The summed E-state index contributed by atoms with van der Waals surface area (Å²) in [7, 11) is 1.31. The topological polar surface area (TPSA) is 134 Å². The van der Waals surface area contributed by atoms with Gasteiger partial charge >= 0.3 is 0 Å². The molecule has 0 aromatic carbocycles. The fraction of sp³-hybridized carbons (Fsp3) is 0.182. The maximum absolute atomic E-state index is 12.2. The minimum Gasteiger partial charge on any atom is -0.544 e. The zero-order chi connectivity index (χ0) is 16.1. The van der Waals surface area contributed by atoms with Crippen molar-refractivity contribution in [2.75, 3.05) is 18.2 Å². The third kappa shape index (κ3) is 3.99. The van der Waals surface area contributed by atoms with Gasteiger partial charge in [0.25, 0.3) is 5.91 Å². The van der Waals surface area contributed by atoms with Crippen molar-refractivity contribution in [3.05, 3.63) is 22.8 Å². The van der Waals surface area contributed by atoms with Crippen LogP contribution < -0.4 is 20.7 Å². The van der Waals surface area contributed by atoms with Crippen LogP contribution in [0.15, 0.2) is 22.2 Å². The van der Waals surface area contributed by atoms with E-state index in [4.69, 9.17) is 5.73 Å². The number of anilines is 2. The number of aromatic nitrogens is 2. The Morgan fingerprint density at radius 3 is 2.91 bits per heavy atom. The molecule has 0 saturated carbocycles. The second kappa shape index (κ2) is 6.95. The van der Waals surface area contributed by atoms with Gasteiger partial charge in [-0.05, 0) is 0 Å². The van der Waals surface area contributed by atoms with Crippen molar-refractivity contribution in [1.82, 2.24) is 4.98 Å². The fourth-order valence-corrected chi connectivity index (χ4v) is 2.77. The summed E-state index contributed by atoms with van der Waals surface area (Å²) in [6.45, 7) is -0.298. The number of nitrogens with one attached hydrogen (secondary N) is 1. The largest absolute Gasteiger partial charge is 0.544 e. The van der Waals surface area contributed by atoms with Crippen LogP contribution in [0.2, 0.25) is 0 Å². The first kappa shape index (κ1) is 15.9. The molecule has 1 amide bonds. The summed E-state index contributed by atoms with van der Waals surface area (Å²) < 4.78 is 1.38. The zero-order valence-corrected chi connectivity index (χ0v) is 12.9. The normalized spacial score (nSPS) is 11.2. The van der Waals surface area contributed by atoms with E-state index in [0.29, 0.717) is 15.8 Å². The Bertz CT molecular complexity index is 724. The predicted octanol–water partition coefficient (Wildman–Crippen LogP) is -1.19. The lowest BCUT2D eigenvalue weighted by Gasteiger charge is -2.02. The smallest absolute Gasteiger partial charge is 0.280 e. The summed E-state index contributed by atoms with van der Waals surface area (Å²) in [4.78, 5) is 31.3. The average molecular weight is 341 g/mol. The summed E-state index contributed by atoms with van der Waals surface area (Å²) in [6, 6.07) is 0. The molecule has 2 heterocycles. The molecule has 9 nitrogen and oxygen atoms in total. The molecule has 0 fully saturated rings. The summed E-state index contributed by atoms with van der Waals surface area (Å²) in [5.41, 5.74) is 7.33. The molecule has 0 bridgehead atoms. The van der Waals surface area contributed by atoms with Crippen LogP contribution in [0.4, 0.5) is 10.1 Å². The number of oxime groups is 1. The van der Waals surface area contributed by atoms with Crippen molar-refractivity contribution in [1.29, 1.82) is 0 Å². The Hall–Kier alpha value is -2.53. The quantitative estimate of drug-likeness (QED) is 0.386. The Balaban J connectivity index is 2.13. The van der Waals surface area contributed by atoms with Crippen LogP contribution in [0.5, 0.6) is 0 Å². The molecule has 0 atom stereocenters. The van der Waals surface area contributed by atoms with E-state index in [1.807, 2.05) is 0 Å². The van der Waals surface area contributed by atoms with Crippen LogP contribution in [0.1, 0.15) is 5.69 Å². The molecule has 0 spiro atoms. The highest BCUT2D eigenvalue weighted by Crippen LogP contribution is 2.15. The van der Waals surface area contributed by atoms with Gasteiger partial charge in [0.05, 0.1) is 0 Å². The average Bonchev–Trinajstić information content (AvgIpc) is 3.04. The van der Waals surface area contributed by atoms with Gasteiger partial charge in [-0.3, -0.25) is 4.79 Å². The van der Waals surface area contributed by atoms with Crippen LogP contribution in [-0.2, 0) is 21.0 Å². The molecule has 2 rings (SSSR count). The Labute approximate surface area is 132 Å². The van der Waals surface area contributed by atoms with E-state index in [1.165, 1.54) is 29.2 Å². The first-order valence-corrected chi connectivity index (χ1v) is 7.57. The van der Waals surface area contributed by atoms with Crippen molar-refractivity contribution in [3.63, 3.8) is 0 Å². The molecular weight excluding hydrogens is 330 g/mol. The molecule has 0 saturated heterocycles. The van der Waals surface area contributed by atoms with Gasteiger partial charge in [0.15, 0.2) is 22.4 Å². The first-order valence-electron chi connectivity index (χ1n) is 5.81. The SMILES string of the molecule is CO/N=C(\C(=O)Nc1c[n+](CC(=O)[O-])cs1)c1csc(N)n1. The van der Waals surface area contributed by atoms with E-state index in [-0.39, 0.29) is 12.3 Å². The van der Waals surface area contributed by atoms with Crippen LogP contribution >= 0.6 is 22.7 Å². The van der Waals surface area contributed by atoms with Crippen LogP contribution in [-0.4, -0.2) is 29.7 Å². The highest BCUT2D eigenvalue weighted by Gasteiger charge is 2.20. The molecule has 0 unspecified atom stereocenters. The number of carboxylic acids is 1. The second-order valence-electron chi connectivity index (χ2n) is 3.91. The van der Waals surface area contributed by atoms with Crippen LogP contribution in [0, 0.1) is 0 Å². The molecule has 0 radical (unpaired) electrons. The molecule has 0 aliphatic carbocycles. The van der Waals surface area contributed by atoms with Gasteiger partial charge in [0.2, 0.25) is 11.7 Å². The highest BCUT2D eigenvalue weighted by atomic mass is 32.1. The number of rotatable bonds is 6. The molecule has 3 N–H and O–H groups in total. The van der Waals surface area contributed by atoms with E-state index >= 15 is 0 Å². The third-order valence-corrected chi connectivity index (χ3v) is 3.82. The molecule has 0 aliphatic rings. The molecular formula is C11H11N5O4S2. The molecule has 0 aliphatic heterocycles. The number of nitrogens with two attached hydrogens (primary N) is 1. The number of carboxylic acid groups (broad SMARTS) is 1. The van der Waals surface area contributed by atoms with Crippen molar-refractivity contribution < 1.29 is 24.1 Å². The molecule has 11 heteroatoms. The lowest BCUT2D eigenvalue weighted by Crippen LogP contribution is -2.42. The maximum atomic E-state index is 12.2. The maximum Gasteiger partial charge on any atom is 0.280 e. The van der Waals surface area contributed by atoms with Gasteiger partial charge in [0.1, 0.15) is 18.8 Å². The molecule has 2 aromatic rings. The van der Waals surface area contributed by atoms with Gasteiger partial charge in [0, 0.05) is 5.38 Å². The Morgan fingerprint density at radius 1 is 1.55 bits per heavy atom. The lowest BCUT2D eigenvalue weighted by atomic mass is 10.3. The number of nitrogen functional groups attached to an aromatic ring is 1.